The molecule has 0 atom stereocenters. The highest BCUT2D eigenvalue weighted by atomic mass is 16.1. The molecule has 1 aromatic heterocycles. The van der Waals surface area contributed by atoms with Gasteiger partial charge in [0.1, 0.15) is 5.69 Å². The van der Waals surface area contributed by atoms with Gasteiger partial charge in [-0.05, 0) is 32.5 Å². The van der Waals surface area contributed by atoms with Crippen molar-refractivity contribution in [3.63, 3.8) is 0 Å². The lowest BCUT2D eigenvalue weighted by Gasteiger charge is -2.17. The predicted molar refractivity (Wildman–Crippen MR) is 76.0 cm³/mol. The van der Waals surface area contributed by atoms with Crippen molar-refractivity contribution in [1.29, 1.82) is 0 Å². The number of unbranched alkanes of at least 4 members (excludes halogenated alkanes) is 2. The monoisotopic (exact) mass is 264 g/mol. The van der Waals surface area contributed by atoms with Crippen LogP contribution in [0.15, 0.2) is 18.6 Å². The minimum absolute atomic E-state index is 0.142. The fraction of sp³-hybridized carbons (Fsp3) is 0.643. The van der Waals surface area contributed by atoms with Gasteiger partial charge in [-0.3, -0.25) is 9.78 Å². The molecular weight excluding hydrogens is 240 g/mol. The summed E-state index contributed by atoms with van der Waals surface area (Å²) in [5, 5.41) is 2.86. The van der Waals surface area contributed by atoms with E-state index >= 15 is 0 Å². The third-order valence-electron chi connectivity index (χ3n) is 3.13. The Balaban J connectivity index is 2.07. The van der Waals surface area contributed by atoms with Gasteiger partial charge < -0.3 is 10.2 Å². The van der Waals surface area contributed by atoms with Crippen LogP contribution in [-0.2, 0) is 0 Å². The van der Waals surface area contributed by atoms with E-state index in [1.54, 1.807) is 6.20 Å². The summed E-state index contributed by atoms with van der Waals surface area (Å²) in [5.41, 5.74) is 0.380. The lowest BCUT2D eigenvalue weighted by Crippen LogP contribution is -2.26. The number of nitrogens with one attached hydrogen (secondary N) is 1. The van der Waals surface area contributed by atoms with Gasteiger partial charge in [-0.1, -0.05) is 20.3 Å². The van der Waals surface area contributed by atoms with E-state index in [1.165, 1.54) is 18.8 Å². The van der Waals surface area contributed by atoms with Gasteiger partial charge in [0.2, 0.25) is 0 Å². The molecule has 0 spiro atoms. The highest BCUT2D eigenvalue weighted by Crippen LogP contribution is 1.98. The van der Waals surface area contributed by atoms with Crippen LogP contribution in [0.25, 0.3) is 0 Å². The molecule has 0 aliphatic heterocycles. The first kappa shape index (κ1) is 15.6. The molecule has 1 heterocycles. The van der Waals surface area contributed by atoms with Crippen molar-refractivity contribution in [1.82, 2.24) is 20.2 Å². The second kappa shape index (κ2) is 9.44. The molecule has 0 saturated heterocycles. The lowest BCUT2D eigenvalue weighted by atomic mass is 10.2. The van der Waals surface area contributed by atoms with Crippen LogP contribution in [0.2, 0.25) is 0 Å². The SMILES string of the molecule is CCN(CC)CCCCCNC(=O)c1cnccn1. The molecule has 0 bridgehead atoms. The van der Waals surface area contributed by atoms with Crippen molar-refractivity contribution in [3.05, 3.63) is 24.3 Å². The maximum atomic E-state index is 11.7. The molecule has 0 radical (unpaired) electrons. The van der Waals surface area contributed by atoms with Crippen molar-refractivity contribution < 1.29 is 4.79 Å². The number of amides is 1. The third kappa shape index (κ3) is 6.29. The number of rotatable bonds is 9. The van der Waals surface area contributed by atoms with E-state index in [-0.39, 0.29) is 5.91 Å². The van der Waals surface area contributed by atoms with Gasteiger partial charge in [0.25, 0.3) is 5.91 Å². The van der Waals surface area contributed by atoms with E-state index in [2.05, 4.69) is 34.0 Å². The van der Waals surface area contributed by atoms with Gasteiger partial charge in [0.05, 0.1) is 6.20 Å². The minimum atomic E-state index is -0.142. The second-order valence-electron chi connectivity index (χ2n) is 4.43. The van der Waals surface area contributed by atoms with Gasteiger partial charge in [-0.2, -0.15) is 0 Å². The quantitative estimate of drug-likeness (QED) is 0.690. The molecule has 19 heavy (non-hydrogen) atoms. The third-order valence-corrected chi connectivity index (χ3v) is 3.13. The van der Waals surface area contributed by atoms with Crippen molar-refractivity contribution in [2.75, 3.05) is 26.2 Å². The number of carbonyl (C=O) groups is 1. The summed E-state index contributed by atoms with van der Waals surface area (Å²) >= 11 is 0. The molecular formula is C14H24N4O. The molecule has 0 aliphatic carbocycles. The minimum Gasteiger partial charge on any atom is -0.351 e. The van der Waals surface area contributed by atoms with Crippen molar-refractivity contribution in [2.24, 2.45) is 0 Å². The molecule has 1 aromatic rings. The first-order valence-corrected chi connectivity index (χ1v) is 7.04. The fourth-order valence-electron chi connectivity index (χ4n) is 1.89. The normalized spacial score (nSPS) is 10.7. The average molecular weight is 264 g/mol. The molecule has 1 rings (SSSR count). The fourth-order valence-corrected chi connectivity index (χ4v) is 1.89. The van der Waals surface area contributed by atoms with E-state index in [0.29, 0.717) is 12.2 Å². The van der Waals surface area contributed by atoms with Crippen molar-refractivity contribution >= 4 is 5.91 Å². The molecule has 0 saturated carbocycles. The number of nitrogens with zero attached hydrogens (tertiary/aromatic N) is 3. The van der Waals surface area contributed by atoms with Crippen molar-refractivity contribution in [2.45, 2.75) is 33.1 Å². The van der Waals surface area contributed by atoms with Crippen LogP contribution >= 0.6 is 0 Å². The highest BCUT2D eigenvalue weighted by Gasteiger charge is 2.05. The number of aromatic nitrogens is 2. The molecule has 5 heteroatoms. The van der Waals surface area contributed by atoms with Gasteiger partial charge in [-0.15, -0.1) is 0 Å². The molecule has 0 aliphatic rings. The highest BCUT2D eigenvalue weighted by molar-refractivity contribution is 5.91. The van der Waals surface area contributed by atoms with Crippen LogP contribution in [0.4, 0.5) is 0 Å². The van der Waals surface area contributed by atoms with Crippen LogP contribution in [0.5, 0.6) is 0 Å². The number of hydrogen-bond acceptors (Lipinski definition) is 4. The first-order valence-electron chi connectivity index (χ1n) is 7.04. The molecule has 5 nitrogen and oxygen atoms in total. The smallest absolute Gasteiger partial charge is 0.271 e. The first-order chi connectivity index (χ1) is 9.27. The van der Waals surface area contributed by atoms with E-state index in [9.17, 15) is 4.79 Å². The Morgan fingerprint density at radius 1 is 1.21 bits per heavy atom. The second-order valence-corrected chi connectivity index (χ2v) is 4.43. The summed E-state index contributed by atoms with van der Waals surface area (Å²) in [4.78, 5) is 21.9. The van der Waals surface area contributed by atoms with E-state index in [1.807, 2.05) is 0 Å². The van der Waals surface area contributed by atoms with Crippen LogP contribution in [0.3, 0.4) is 0 Å². The Morgan fingerprint density at radius 2 is 2.00 bits per heavy atom. The van der Waals surface area contributed by atoms with Crippen LogP contribution in [0.1, 0.15) is 43.6 Å². The van der Waals surface area contributed by atoms with Gasteiger partial charge in [0.15, 0.2) is 0 Å². The summed E-state index contributed by atoms with van der Waals surface area (Å²) in [6.07, 6.45) is 7.89. The van der Waals surface area contributed by atoms with Gasteiger partial charge in [-0.25, -0.2) is 4.98 Å². The average Bonchev–Trinajstić information content (AvgIpc) is 2.47. The molecule has 106 valence electrons. The van der Waals surface area contributed by atoms with Crippen LogP contribution < -0.4 is 5.32 Å². The van der Waals surface area contributed by atoms with Crippen LogP contribution in [-0.4, -0.2) is 47.0 Å². The van der Waals surface area contributed by atoms with Gasteiger partial charge in [0, 0.05) is 18.9 Å². The Labute approximate surface area is 115 Å². The zero-order valence-electron chi connectivity index (χ0n) is 11.9. The topological polar surface area (TPSA) is 58.1 Å². The molecule has 1 amide bonds. The van der Waals surface area contributed by atoms with Crippen molar-refractivity contribution in [3.8, 4) is 0 Å². The Hall–Kier alpha value is -1.49. The van der Waals surface area contributed by atoms with Crippen LogP contribution in [0, 0.1) is 0 Å². The zero-order valence-corrected chi connectivity index (χ0v) is 11.9. The summed E-state index contributed by atoms with van der Waals surface area (Å²) in [5.74, 6) is -0.142. The number of hydrogen-bond donors (Lipinski definition) is 1. The van der Waals surface area contributed by atoms with Gasteiger partial charge >= 0.3 is 0 Å². The molecule has 1 N–H and O–H groups in total. The summed E-state index contributed by atoms with van der Waals surface area (Å²) in [6.45, 7) is 8.44. The van der Waals surface area contributed by atoms with E-state index in [4.69, 9.17) is 0 Å². The predicted octanol–water partition coefficient (Wildman–Crippen LogP) is 1.72. The lowest BCUT2D eigenvalue weighted by molar-refractivity contribution is 0.0947. The largest absolute Gasteiger partial charge is 0.351 e. The molecule has 0 aromatic carbocycles. The summed E-state index contributed by atoms with van der Waals surface area (Å²) < 4.78 is 0. The Morgan fingerprint density at radius 3 is 2.63 bits per heavy atom. The van der Waals surface area contributed by atoms with E-state index in [0.717, 1.165) is 32.5 Å². The standard InChI is InChI=1S/C14H24N4O/c1-3-18(4-2)11-7-5-6-8-17-14(19)13-12-15-9-10-16-13/h9-10,12H,3-8,11H2,1-2H3,(H,17,19). The number of carbonyl (C=O) groups excluding carboxylic acids is 1. The maximum absolute atomic E-state index is 11.7. The summed E-state index contributed by atoms with van der Waals surface area (Å²) in [7, 11) is 0. The zero-order chi connectivity index (χ0) is 13.9. The Kier molecular flexibility index (Phi) is 7.74. The maximum Gasteiger partial charge on any atom is 0.271 e. The Bertz CT molecular complexity index is 352. The molecule has 0 unspecified atom stereocenters. The summed E-state index contributed by atoms with van der Waals surface area (Å²) in [6, 6.07) is 0. The van der Waals surface area contributed by atoms with E-state index < -0.39 is 0 Å². The molecule has 0 fully saturated rings.